The number of aromatic nitrogens is 3. The molecule has 1 aliphatic carbocycles. The Balaban J connectivity index is 1.38. The number of aromatic amines is 1. The zero-order valence-electron chi connectivity index (χ0n) is 21.2. The minimum Gasteiger partial charge on any atom is -0.491 e. The van der Waals surface area contributed by atoms with Crippen molar-refractivity contribution in [3.8, 4) is 16.9 Å². The third-order valence-electron chi connectivity index (χ3n) is 7.89. The third-order valence-corrected chi connectivity index (χ3v) is 7.89. The van der Waals surface area contributed by atoms with E-state index >= 15 is 0 Å². The van der Waals surface area contributed by atoms with Crippen molar-refractivity contribution in [1.82, 2.24) is 19.9 Å². The molecule has 0 fully saturated rings. The molecule has 0 amide bonds. The quantitative estimate of drug-likeness (QED) is 0.475. The summed E-state index contributed by atoms with van der Waals surface area (Å²) < 4.78 is 6.25. The van der Waals surface area contributed by atoms with Crippen LogP contribution in [0.15, 0.2) is 58.0 Å². The molecule has 2 aromatic heterocycles. The average Bonchev–Trinajstić information content (AvgIpc) is 3.04. The maximum Gasteiger partial charge on any atom is 0.200 e. The maximum atomic E-state index is 6.25. The molecule has 0 bridgehead atoms. The molecule has 1 atom stereocenters. The van der Waals surface area contributed by atoms with E-state index in [1.165, 1.54) is 40.9 Å². The molecule has 3 N–H and O–H groups in total. The van der Waals surface area contributed by atoms with Gasteiger partial charge in [0.05, 0.1) is 12.1 Å². The molecule has 1 unspecified atom stereocenters. The van der Waals surface area contributed by atoms with E-state index in [2.05, 4.69) is 64.2 Å². The molecule has 6 rings (SSSR count). The molecule has 0 radical (unpaired) electrons. The van der Waals surface area contributed by atoms with Gasteiger partial charge in [0.25, 0.3) is 0 Å². The molecule has 2 aliphatic heterocycles. The molecule has 1 aromatic carbocycles. The standard InChI is InChI=1S/C29H34N6O/c1-3-18-5-7-24-23(13-18)27(19(4-2)9-10-31-24)35-11-12-36-26-8-6-20(14-22(26)17-35)21-15-25-28(32-16-21)34-29(30)33-25/h6,8,10,14-16,18H,3-5,7,9,11-13,17H2,1-2H3,(H3,30,32,33,34). The van der Waals surface area contributed by atoms with Gasteiger partial charge in [-0.1, -0.05) is 26.3 Å². The van der Waals surface area contributed by atoms with E-state index in [9.17, 15) is 0 Å². The van der Waals surface area contributed by atoms with Crippen LogP contribution in [-0.4, -0.2) is 39.2 Å². The second kappa shape index (κ2) is 9.45. The van der Waals surface area contributed by atoms with E-state index in [1.807, 2.05) is 6.20 Å². The Morgan fingerprint density at radius 2 is 2.11 bits per heavy atom. The predicted molar refractivity (Wildman–Crippen MR) is 145 cm³/mol. The maximum absolute atomic E-state index is 6.25. The topological polar surface area (TPSA) is 92.4 Å². The minimum absolute atomic E-state index is 0.384. The highest BCUT2D eigenvalue weighted by Crippen LogP contribution is 2.41. The SMILES string of the molecule is CCC1=C(N2CCOc3ccc(-c4cnc5nc(N)[nH]c5c4)cc3C2)C2=C(CCC(CC)C2)N=CC1. The largest absolute Gasteiger partial charge is 0.491 e. The smallest absolute Gasteiger partial charge is 0.200 e. The number of imidazole rings is 1. The highest BCUT2D eigenvalue weighted by Gasteiger charge is 2.29. The number of nitrogens with one attached hydrogen (secondary N) is 1. The van der Waals surface area contributed by atoms with E-state index < -0.39 is 0 Å². The van der Waals surface area contributed by atoms with Gasteiger partial charge >= 0.3 is 0 Å². The first kappa shape index (κ1) is 22.8. The van der Waals surface area contributed by atoms with Crippen molar-refractivity contribution in [2.24, 2.45) is 10.9 Å². The van der Waals surface area contributed by atoms with Crippen LogP contribution in [0.25, 0.3) is 22.3 Å². The lowest BCUT2D eigenvalue weighted by Crippen LogP contribution is -2.29. The average molecular weight is 483 g/mol. The Morgan fingerprint density at radius 1 is 1.19 bits per heavy atom. The van der Waals surface area contributed by atoms with Gasteiger partial charge < -0.3 is 20.4 Å². The number of fused-ring (bicyclic) bond motifs is 2. The molecular weight excluding hydrogens is 448 g/mol. The van der Waals surface area contributed by atoms with Gasteiger partial charge in [-0.3, -0.25) is 4.99 Å². The molecule has 7 nitrogen and oxygen atoms in total. The first-order valence-electron chi connectivity index (χ1n) is 13.2. The van der Waals surface area contributed by atoms with Crippen LogP contribution in [0.5, 0.6) is 5.75 Å². The van der Waals surface area contributed by atoms with Crippen LogP contribution < -0.4 is 10.5 Å². The first-order valence-corrected chi connectivity index (χ1v) is 13.2. The third kappa shape index (κ3) is 4.16. The van der Waals surface area contributed by atoms with Crippen LogP contribution in [0.2, 0.25) is 0 Å². The minimum atomic E-state index is 0.384. The van der Waals surface area contributed by atoms with Crippen molar-refractivity contribution in [1.29, 1.82) is 0 Å². The van der Waals surface area contributed by atoms with Crippen LogP contribution in [0.3, 0.4) is 0 Å². The zero-order chi connectivity index (χ0) is 24.6. The fourth-order valence-corrected chi connectivity index (χ4v) is 5.87. The van der Waals surface area contributed by atoms with Crippen LogP contribution in [0.4, 0.5) is 5.95 Å². The number of rotatable bonds is 4. The van der Waals surface area contributed by atoms with Crippen molar-refractivity contribution in [3.63, 3.8) is 0 Å². The van der Waals surface area contributed by atoms with Crippen LogP contribution in [0.1, 0.15) is 57.9 Å². The number of nitrogen functional groups attached to an aromatic ring is 1. The number of ether oxygens (including phenoxy) is 1. The monoisotopic (exact) mass is 482 g/mol. The molecule has 4 heterocycles. The number of pyridine rings is 1. The van der Waals surface area contributed by atoms with E-state index in [0.717, 1.165) is 67.1 Å². The van der Waals surface area contributed by atoms with Crippen LogP contribution in [-0.2, 0) is 6.54 Å². The second-order valence-electron chi connectivity index (χ2n) is 10.1. The molecule has 36 heavy (non-hydrogen) atoms. The summed E-state index contributed by atoms with van der Waals surface area (Å²) in [4.78, 5) is 19.3. The second-order valence-corrected chi connectivity index (χ2v) is 10.1. The summed E-state index contributed by atoms with van der Waals surface area (Å²) in [6, 6.07) is 8.53. The van der Waals surface area contributed by atoms with Gasteiger partial charge in [-0.25, -0.2) is 4.98 Å². The Hall–Kier alpha value is -3.61. The number of nitrogens with zero attached hydrogens (tertiary/aromatic N) is 4. The first-order chi connectivity index (χ1) is 17.6. The van der Waals surface area contributed by atoms with Gasteiger partial charge in [0.15, 0.2) is 11.6 Å². The Bertz CT molecular complexity index is 1400. The summed E-state index contributed by atoms with van der Waals surface area (Å²) in [5, 5.41) is 0. The van der Waals surface area contributed by atoms with Crippen LogP contribution >= 0.6 is 0 Å². The summed E-state index contributed by atoms with van der Waals surface area (Å²) in [5.41, 5.74) is 16.4. The number of aliphatic imine (C=N–C) groups is 1. The lowest BCUT2D eigenvalue weighted by Gasteiger charge is -2.33. The lowest BCUT2D eigenvalue weighted by molar-refractivity contribution is 0.261. The molecule has 186 valence electrons. The molecule has 0 saturated carbocycles. The summed E-state index contributed by atoms with van der Waals surface area (Å²) in [6.45, 7) is 6.97. The lowest BCUT2D eigenvalue weighted by atomic mass is 9.82. The number of hydrogen-bond acceptors (Lipinski definition) is 6. The molecule has 0 saturated heterocycles. The van der Waals surface area contributed by atoms with Crippen LogP contribution in [0, 0.1) is 5.92 Å². The number of allylic oxidation sites excluding steroid dienone is 3. The van der Waals surface area contributed by atoms with Crippen molar-refractivity contribution < 1.29 is 4.74 Å². The summed E-state index contributed by atoms with van der Waals surface area (Å²) >= 11 is 0. The zero-order valence-corrected chi connectivity index (χ0v) is 21.2. The van der Waals surface area contributed by atoms with Gasteiger partial charge in [-0.15, -0.1) is 0 Å². The fraction of sp³-hybridized carbons (Fsp3) is 0.414. The van der Waals surface area contributed by atoms with Gasteiger partial charge in [-0.05, 0) is 66.5 Å². The molecule has 3 aromatic rings. The van der Waals surface area contributed by atoms with Gasteiger partial charge in [0.1, 0.15) is 12.4 Å². The predicted octanol–water partition coefficient (Wildman–Crippen LogP) is 6.00. The molecule has 7 heteroatoms. The highest BCUT2D eigenvalue weighted by atomic mass is 16.5. The van der Waals surface area contributed by atoms with E-state index in [4.69, 9.17) is 15.5 Å². The van der Waals surface area contributed by atoms with Gasteiger partial charge in [0.2, 0.25) is 0 Å². The number of anilines is 1. The van der Waals surface area contributed by atoms with Crippen molar-refractivity contribution in [2.45, 2.75) is 58.9 Å². The van der Waals surface area contributed by atoms with E-state index in [-0.39, 0.29) is 0 Å². The highest BCUT2D eigenvalue weighted by molar-refractivity contribution is 5.79. The summed E-state index contributed by atoms with van der Waals surface area (Å²) in [7, 11) is 0. The molecule has 3 aliphatic rings. The molecule has 0 spiro atoms. The summed E-state index contributed by atoms with van der Waals surface area (Å²) in [5.74, 6) is 2.09. The van der Waals surface area contributed by atoms with E-state index in [0.29, 0.717) is 18.2 Å². The Kier molecular flexibility index (Phi) is 5.99. The Morgan fingerprint density at radius 3 is 2.97 bits per heavy atom. The van der Waals surface area contributed by atoms with Gasteiger partial charge in [-0.2, -0.15) is 4.98 Å². The van der Waals surface area contributed by atoms with Gasteiger partial charge in [0, 0.05) is 47.9 Å². The van der Waals surface area contributed by atoms with E-state index in [1.54, 1.807) is 0 Å². The molecular formula is C29H34N6O. The summed E-state index contributed by atoms with van der Waals surface area (Å²) in [6.07, 6.45) is 10.7. The Labute approximate surface area is 212 Å². The van der Waals surface area contributed by atoms with Crippen molar-refractivity contribution in [2.75, 3.05) is 18.9 Å². The normalized spacial score (nSPS) is 20.2. The van der Waals surface area contributed by atoms with Crippen molar-refractivity contribution in [3.05, 3.63) is 58.6 Å². The fourth-order valence-electron chi connectivity index (χ4n) is 5.87. The number of benzene rings is 1. The number of H-pyrrole nitrogens is 1. The number of hydrogen-bond donors (Lipinski definition) is 2. The van der Waals surface area contributed by atoms with Crippen molar-refractivity contribution >= 4 is 23.3 Å². The number of nitrogens with two attached hydrogens (primary N) is 1.